The maximum Gasteiger partial charge on any atom is 0.150 e. The Morgan fingerprint density at radius 1 is 1.21 bits per heavy atom. The Morgan fingerprint density at radius 2 is 2.00 bits per heavy atom. The lowest BCUT2D eigenvalue weighted by atomic mass is 10.2. The summed E-state index contributed by atoms with van der Waals surface area (Å²) in [5, 5.41) is 2.32. The minimum absolute atomic E-state index is 0.872. The Hall–Kier alpha value is -1.44. The number of ether oxygens (including phenoxy) is 1. The zero-order chi connectivity index (χ0) is 16.7. The smallest absolute Gasteiger partial charge is 0.150 e. The Bertz CT molecular complexity index is 889. The summed E-state index contributed by atoms with van der Waals surface area (Å²) >= 11 is 5.24. The number of halogens is 1. The fourth-order valence-corrected chi connectivity index (χ4v) is 5.10. The maximum absolute atomic E-state index is 5.60. The summed E-state index contributed by atoms with van der Waals surface area (Å²) in [6.45, 7) is 7.50. The molecule has 0 amide bonds. The van der Waals surface area contributed by atoms with Crippen LogP contribution in [0.25, 0.3) is 20.3 Å². The molecule has 1 aliphatic rings. The summed E-state index contributed by atoms with van der Waals surface area (Å²) in [6.07, 6.45) is 1.68. The molecule has 3 heterocycles. The molecule has 1 saturated heterocycles. The van der Waals surface area contributed by atoms with Crippen LogP contribution in [0.3, 0.4) is 0 Å². The molecule has 0 atom stereocenters. The van der Waals surface area contributed by atoms with Crippen LogP contribution in [0.2, 0.25) is 0 Å². The third kappa shape index (κ3) is 2.55. The van der Waals surface area contributed by atoms with E-state index in [0.29, 0.717) is 0 Å². The number of methoxy groups -OCH3 is 1. The van der Waals surface area contributed by atoms with Crippen molar-refractivity contribution in [2.24, 2.45) is 0 Å². The number of thiophene rings is 1. The highest BCUT2D eigenvalue weighted by molar-refractivity contribution is 9.10. The normalized spacial score (nSPS) is 16.2. The molecule has 0 aliphatic carbocycles. The van der Waals surface area contributed by atoms with Crippen LogP contribution in [0.5, 0.6) is 5.75 Å². The van der Waals surface area contributed by atoms with E-state index in [-0.39, 0.29) is 0 Å². The van der Waals surface area contributed by atoms with Gasteiger partial charge in [-0.3, -0.25) is 0 Å². The number of piperazine rings is 1. The van der Waals surface area contributed by atoms with Gasteiger partial charge in [0.1, 0.15) is 17.0 Å². The van der Waals surface area contributed by atoms with E-state index in [0.717, 1.165) is 63.7 Å². The molecular weight excluding hydrogens is 388 g/mol. The summed E-state index contributed by atoms with van der Waals surface area (Å²) in [5.74, 6) is 1.92. The van der Waals surface area contributed by atoms with Crippen LogP contribution in [0.15, 0.2) is 22.9 Å². The maximum atomic E-state index is 5.60. The van der Waals surface area contributed by atoms with Crippen molar-refractivity contribution in [3.63, 3.8) is 0 Å². The quantitative estimate of drug-likeness (QED) is 0.662. The van der Waals surface area contributed by atoms with Gasteiger partial charge in [0.2, 0.25) is 0 Å². The second kappa shape index (κ2) is 6.46. The van der Waals surface area contributed by atoms with Gasteiger partial charge in [0.15, 0.2) is 5.75 Å². The fraction of sp³-hybridized carbons (Fsp3) is 0.412. The van der Waals surface area contributed by atoms with E-state index < -0.39 is 0 Å². The Kier molecular flexibility index (Phi) is 4.32. The van der Waals surface area contributed by atoms with E-state index in [1.165, 1.54) is 5.39 Å². The van der Waals surface area contributed by atoms with Crippen LogP contribution in [0.1, 0.15) is 6.92 Å². The lowest BCUT2D eigenvalue weighted by Crippen LogP contribution is -2.46. The highest BCUT2D eigenvalue weighted by Gasteiger charge is 2.22. The van der Waals surface area contributed by atoms with Gasteiger partial charge in [-0.05, 0) is 28.5 Å². The summed E-state index contributed by atoms with van der Waals surface area (Å²) < 4.78 is 7.69. The monoisotopic (exact) mass is 406 g/mol. The lowest BCUT2D eigenvalue weighted by Gasteiger charge is -2.35. The molecule has 3 aromatic rings. The van der Waals surface area contributed by atoms with Crippen LogP contribution in [-0.4, -0.2) is 54.7 Å². The lowest BCUT2D eigenvalue weighted by molar-refractivity contribution is 0.271. The molecule has 0 saturated carbocycles. The van der Waals surface area contributed by atoms with Gasteiger partial charge in [-0.15, -0.1) is 11.3 Å². The summed E-state index contributed by atoms with van der Waals surface area (Å²) in [6, 6.07) is 4.18. The molecule has 126 valence electrons. The van der Waals surface area contributed by atoms with E-state index >= 15 is 0 Å². The van der Waals surface area contributed by atoms with Crippen molar-refractivity contribution < 1.29 is 4.74 Å². The minimum atomic E-state index is 0.872. The van der Waals surface area contributed by atoms with Crippen LogP contribution >= 0.6 is 27.3 Å². The number of hydrogen-bond acceptors (Lipinski definition) is 6. The Balaban J connectivity index is 1.86. The van der Waals surface area contributed by atoms with Crippen molar-refractivity contribution in [2.45, 2.75) is 6.92 Å². The summed E-state index contributed by atoms with van der Waals surface area (Å²) in [7, 11) is 1.71. The first-order chi connectivity index (χ1) is 11.7. The number of benzene rings is 1. The molecule has 0 radical (unpaired) electrons. The summed E-state index contributed by atoms with van der Waals surface area (Å²) in [4.78, 5) is 15.0. The number of anilines is 1. The van der Waals surface area contributed by atoms with Crippen LogP contribution in [-0.2, 0) is 0 Å². The van der Waals surface area contributed by atoms with Crippen molar-refractivity contribution in [3.8, 4) is 5.75 Å². The van der Waals surface area contributed by atoms with Gasteiger partial charge in [0.05, 0.1) is 21.7 Å². The van der Waals surface area contributed by atoms with Gasteiger partial charge in [0.25, 0.3) is 0 Å². The predicted octanol–water partition coefficient (Wildman–Crippen LogP) is 3.76. The zero-order valence-electron chi connectivity index (χ0n) is 13.8. The van der Waals surface area contributed by atoms with Gasteiger partial charge >= 0.3 is 0 Å². The number of fused-ring (bicyclic) bond motifs is 3. The average Bonchev–Trinajstić information content (AvgIpc) is 3.00. The first-order valence-corrected chi connectivity index (χ1v) is 9.71. The van der Waals surface area contributed by atoms with Crippen molar-refractivity contribution in [3.05, 3.63) is 22.9 Å². The number of rotatable bonds is 3. The van der Waals surface area contributed by atoms with Gasteiger partial charge in [-0.25, -0.2) is 9.97 Å². The number of nitrogens with zero attached hydrogens (tertiary/aromatic N) is 4. The van der Waals surface area contributed by atoms with Crippen molar-refractivity contribution in [1.29, 1.82) is 0 Å². The van der Waals surface area contributed by atoms with Gasteiger partial charge < -0.3 is 14.5 Å². The van der Waals surface area contributed by atoms with E-state index in [1.807, 2.05) is 6.07 Å². The van der Waals surface area contributed by atoms with Gasteiger partial charge in [0, 0.05) is 31.6 Å². The fourth-order valence-electron chi connectivity index (χ4n) is 3.31. The van der Waals surface area contributed by atoms with E-state index in [2.05, 4.69) is 48.7 Å². The van der Waals surface area contributed by atoms with Crippen LogP contribution < -0.4 is 9.64 Å². The first-order valence-electron chi connectivity index (χ1n) is 8.10. The molecule has 7 heteroatoms. The molecule has 0 N–H and O–H groups in total. The zero-order valence-corrected chi connectivity index (χ0v) is 16.2. The Labute approximate surface area is 153 Å². The molecule has 5 nitrogen and oxygen atoms in total. The van der Waals surface area contributed by atoms with E-state index in [1.54, 1.807) is 24.8 Å². The molecule has 2 aromatic heterocycles. The third-order valence-electron chi connectivity index (χ3n) is 4.65. The number of hydrogen-bond donors (Lipinski definition) is 0. The number of aromatic nitrogens is 2. The highest BCUT2D eigenvalue weighted by Crippen LogP contribution is 2.44. The van der Waals surface area contributed by atoms with Gasteiger partial charge in [-0.2, -0.15) is 0 Å². The molecule has 1 fully saturated rings. The van der Waals surface area contributed by atoms with Crippen LogP contribution in [0.4, 0.5) is 5.82 Å². The standard InChI is InChI=1S/C17H19BrN4OS/c1-3-21-6-8-22(9-7-21)16-13-11-4-5-12(18)14(23-2)15(11)24-17(13)20-10-19-16/h4-5,10H,3,6-9H2,1-2H3. The molecule has 0 spiro atoms. The third-order valence-corrected chi connectivity index (χ3v) is 6.38. The molecule has 24 heavy (non-hydrogen) atoms. The summed E-state index contributed by atoms with van der Waals surface area (Å²) in [5.41, 5.74) is 0. The first kappa shape index (κ1) is 16.1. The average molecular weight is 407 g/mol. The topological polar surface area (TPSA) is 41.5 Å². The molecular formula is C17H19BrN4OS. The van der Waals surface area contributed by atoms with Crippen molar-refractivity contribution >= 4 is 53.4 Å². The predicted molar refractivity (Wildman–Crippen MR) is 104 cm³/mol. The molecule has 0 unspecified atom stereocenters. The van der Waals surface area contributed by atoms with Crippen molar-refractivity contribution in [2.75, 3.05) is 44.7 Å². The largest absolute Gasteiger partial charge is 0.494 e. The van der Waals surface area contributed by atoms with E-state index in [9.17, 15) is 0 Å². The molecule has 4 rings (SSSR count). The second-order valence-electron chi connectivity index (χ2n) is 5.86. The SMILES string of the molecule is CCN1CCN(c2ncnc3sc4c(OC)c(Br)ccc4c23)CC1. The van der Waals surface area contributed by atoms with Crippen molar-refractivity contribution in [1.82, 2.24) is 14.9 Å². The highest BCUT2D eigenvalue weighted by atomic mass is 79.9. The molecule has 1 aliphatic heterocycles. The molecule has 1 aromatic carbocycles. The van der Waals surface area contributed by atoms with Gasteiger partial charge in [-0.1, -0.05) is 13.0 Å². The minimum Gasteiger partial charge on any atom is -0.494 e. The Morgan fingerprint density at radius 3 is 2.71 bits per heavy atom. The van der Waals surface area contributed by atoms with E-state index in [4.69, 9.17) is 4.74 Å². The second-order valence-corrected chi connectivity index (χ2v) is 7.71. The molecule has 0 bridgehead atoms. The van der Waals surface area contributed by atoms with Crippen LogP contribution in [0, 0.1) is 0 Å². The number of likely N-dealkylation sites (N-methyl/N-ethyl adjacent to an activating group) is 1.